The highest BCUT2D eigenvalue weighted by molar-refractivity contribution is 4.97. The highest BCUT2D eigenvalue weighted by Gasteiger charge is 1.90. The van der Waals surface area contributed by atoms with Crippen LogP contribution in [0.25, 0.3) is 0 Å². The van der Waals surface area contributed by atoms with Gasteiger partial charge < -0.3 is 5.11 Å². The summed E-state index contributed by atoms with van der Waals surface area (Å²) >= 11 is 0. The molecule has 1 heteroatoms. The van der Waals surface area contributed by atoms with Gasteiger partial charge in [-0.2, -0.15) is 0 Å². The summed E-state index contributed by atoms with van der Waals surface area (Å²) in [6.07, 6.45) is 12.8. The average molecular weight is 210 g/mol. The number of allylic oxidation sites excluding steroid dienone is 3. The lowest BCUT2D eigenvalue weighted by molar-refractivity contribution is 0.331. The summed E-state index contributed by atoms with van der Waals surface area (Å²) in [5.41, 5.74) is 1.09. The van der Waals surface area contributed by atoms with E-state index in [1.807, 2.05) is 6.92 Å². The maximum atomic E-state index is 8.78. The van der Waals surface area contributed by atoms with Crippen LogP contribution in [0.1, 0.15) is 52.9 Å². The minimum atomic E-state index is 0.202. The zero-order valence-corrected chi connectivity index (χ0v) is 10.5. The normalized spacial score (nSPS) is 14.8. The van der Waals surface area contributed by atoms with Crippen molar-refractivity contribution in [2.24, 2.45) is 5.92 Å². The summed E-state index contributed by atoms with van der Waals surface area (Å²) in [7, 11) is 0. The van der Waals surface area contributed by atoms with Gasteiger partial charge in [-0.1, -0.05) is 44.1 Å². The fourth-order valence-electron chi connectivity index (χ4n) is 1.28. The van der Waals surface area contributed by atoms with E-state index in [0.29, 0.717) is 0 Å². The van der Waals surface area contributed by atoms with Crippen LogP contribution in [0.3, 0.4) is 0 Å². The monoisotopic (exact) mass is 210 g/mol. The van der Waals surface area contributed by atoms with Crippen molar-refractivity contribution in [2.45, 2.75) is 52.9 Å². The highest BCUT2D eigenvalue weighted by atomic mass is 16.3. The second kappa shape index (κ2) is 9.97. The number of unbranched alkanes of at least 4 members (excludes halogenated alkanes) is 3. The molecule has 1 nitrogen and oxygen atoms in total. The first-order valence-corrected chi connectivity index (χ1v) is 6.13. The van der Waals surface area contributed by atoms with E-state index in [4.69, 9.17) is 5.11 Å². The van der Waals surface area contributed by atoms with Crippen LogP contribution < -0.4 is 0 Å². The Hall–Kier alpha value is -0.560. The Kier molecular flexibility index (Phi) is 9.60. The van der Waals surface area contributed by atoms with Gasteiger partial charge >= 0.3 is 0 Å². The van der Waals surface area contributed by atoms with E-state index in [2.05, 4.69) is 32.1 Å². The van der Waals surface area contributed by atoms with Gasteiger partial charge in [-0.25, -0.2) is 0 Å². The maximum absolute atomic E-state index is 8.78. The summed E-state index contributed by atoms with van der Waals surface area (Å²) in [4.78, 5) is 0. The van der Waals surface area contributed by atoms with Crippen molar-refractivity contribution in [1.82, 2.24) is 0 Å². The van der Waals surface area contributed by atoms with E-state index >= 15 is 0 Å². The minimum Gasteiger partial charge on any atom is -0.392 e. The molecule has 0 fully saturated rings. The predicted molar refractivity (Wildman–Crippen MR) is 67.9 cm³/mol. The quantitative estimate of drug-likeness (QED) is 0.472. The molecule has 0 saturated carbocycles. The van der Waals surface area contributed by atoms with E-state index < -0.39 is 0 Å². The molecule has 0 aromatic heterocycles. The average Bonchev–Trinajstić information content (AvgIpc) is 2.26. The zero-order chi connectivity index (χ0) is 11.5. The zero-order valence-electron chi connectivity index (χ0n) is 10.5. The summed E-state index contributed by atoms with van der Waals surface area (Å²) in [6.45, 7) is 6.65. The van der Waals surface area contributed by atoms with Crippen molar-refractivity contribution >= 4 is 0 Å². The number of rotatable bonds is 8. The summed E-state index contributed by atoms with van der Waals surface area (Å²) in [6, 6.07) is 0. The van der Waals surface area contributed by atoms with Gasteiger partial charge in [0.15, 0.2) is 0 Å². The van der Waals surface area contributed by atoms with Crippen molar-refractivity contribution in [3.63, 3.8) is 0 Å². The third kappa shape index (κ3) is 9.74. The topological polar surface area (TPSA) is 20.2 Å². The molecular weight excluding hydrogens is 184 g/mol. The maximum Gasteiger partial charge on any atom is 0.0639 e. The summed E-state index contributed by atoms with van der Waals surface area (Å²) < 4.78 is 0. The summed E-state index contributed by atoms with van der Waals surface area (Å²) in [5.74, 6) is 0.724. The van der Waals surface area contributed by atoms with Crippen molar-refractivity contribution in [2.75, 3.05) is 6.61 Å². The van der Waals surface area contributed by atoms with E-state index in [1.165, 1.54) is 25.7 Å². The number of hydrogen-bond donors (Lipinski definition) is 1. The van der Waals surface area contributed by atoms with Crippen LogP contribution in [0, 0.1) is 5.92 Å². The number of hydrogen-bond acceptors (Lipinski definition) is 1. The van der Waals surface area contributed by atoms with E-state index in [9.17, 15) is 0 Å². The Morgan fingerprint density at radius 2 is 1.93 bits per heavy atom. The Bertz CT molecular complexity index is 192. The molecule has 1 unspecified atom stereocenters. The lowest BCUT2D eigenvalue weighted by Crippen LogP contribution is -1.85. The summed E-state index contributed by atoms with van der Waals surface area (Å²) in [5, 5.41) is 8.78. The molecule has 0 saturated heterocycles. The molecule has 0 spiro atoms. The third-order valence-corrected chi connectivity index (χ3v) is 2.68. The van der Waals surface area contributed by atoms with Crippen LogP contribution in [0.5, 0.6) is 0 Å². The molecule has 0 aliphatic heterocycles. The van der Waals surface area contributed by atoms with E-state index in [0.717, 1.165) is 17.9 Å². The molecule has 0 rings (SSSR count). The number of aliphatic hydroxyl groups excluding tert-OH is 1. The largest absolute Gasteiger partial charge is 0.392 e. The second-order valence-corrected chi connectivity index (χ2v) is 4.31. The smallest absolute Gasteiger partial charge is 0.0639 e. The minimum absolute atomic E-state index is 0.202. The SMILES string of the molecule is CCC(C)C=CCCCCC=C(C)CO. The molecule has 0 bridgehead atoms. The molecule has 0 aromatic carbocycles. The van der Waals surface area contributed by atoms with Gasteiger partial charge in [-0.3, -0.25) is 0 Å². The van der Waals surface area contributed by atoms with Crippen molar-refractivity contribution < 1.29 is 5.11 Å². The van der Waals surface area contributed by atoms with Crippen LogP contribution in [0.15, 0.2) is 23.8 Å². The van der Waals surface area contributed by atoms with Gasteiger partial charge in [-0.15, -0.1) is 0 Å². The van der Waals surface area contributed by atoms with Crippen LogP contribution >= 0.6 is 0 Å². The third-order valence-electron chi connectivity index (χ3n) is 2.68. The number of aliphatic hydroxyl groups is 1. The lowest BCUT2D eigenvalue weighted by atomic mass is 10.1. The van der Waals surface area contributed by atoms with Gasteiger partial charge in [0.05, 0.1) is 6.61 Å². The van der Waals surface area contributed by atoms with E-state index in [-0.39, 0.29) is 6.61 Å². The predicted octanol–water partition coefficient (Wildman–Crippen LogP) is 4.09. The molecule has 0 heterocycles. The standard InChI is InChI=1S/C14H26O/c1-4-13(2)10-8-6-5-7-9-11-14(3)12-15/h8,10-11,13,15H,4-7,9,12H2,1-3H3. The molecule has 1 atom stereocenters. The van der Waals surface area contributed by atoms with Gasteiger partial charge in [0.25, 0.3) is 0 Å². The Balaban J connectivity index is 3.36. The van der Waals surface area contributed by atoms with Gasteiger partial charge in [-0.05, 0) is 38.5 Å². The van der Waals surface area contributed by atoms with Crippen LogP contribution in [-0.4, -0.2) is 11.7 Å². The lowest BCUT2D eigenvalue weighted by Gasteiger charge is -1.99. The molecule has 0 radical (unpaired) electrons. The molecule has 88 valence electrons. The van der Waals surface area contributed by atoms with Crippen molar-refractivity contribution in [1.29, 1.82) is 0 Å². The molecule has 1 N–H and O–H groups in total. The highest BCUT2D eigenvalue weighted by Crippen LogP contribution is 2.07. The Morgan fingerprint density at radius 1 is 1.27 bits per heavy atom. The van der Waals surface area contributed by atoms with Gasteiger partial charge in [0.1, 0.15) is 0 Å². The van der Waals surface area contributed by atoms with E-state index in [1.54, 1.807) is 0 Å². The van der Waals surface area contributed by atoms with Crippen LogP contribution in [0.2, 0.25) is 0 Å². The second-order valence-electron chi connectivity index (χ2n) is 4.31. The van der Waals surface area contributed by atoms with Gasteiger partial charge in [0, 0.05) is 0 Å². The van der Waals surface area contributed by atoms with Crippen molar-refractivity contribution in [3.05, 3.63) is 23.8 Å². The molecule has 0 amide bonds. The first-order valence-electron chi connectivity index (χ1n) is 6.13. The van der Waals surface area contributed by atoms with Crippen molar-refractivity contribution in [3.8, 4) is 0 Å². The van der Waals surface area contributed by atoms with Crippen LogP contribution in [0.4, 0.5) is 0 Å². The molecule has 0 aliphatic carbocycles. The first-order chi connectivity index (χ1) is 7.20. The fraction of sp³-hybridized carbons (Fsp3) is 0.714. The Labute approximate surface area is 94.9 Å². The fourth-order valence-corrected chi connectivity index (χ4v) is 1.28. The van der Waals surface area contributed by atoms with Gasteiger partial charge in [0.2, 0.25) is 0 Å². The molecular formula is C14H26O. The van der Waals surface area contributed by atoms with Crippen LogP contribution in [-0.2, 0) is 0 Å². The first kappa shape index (κ1) is 14.4. The molecule has 0 aromatic rings. The molecule has 0 aliphatic rings. The Morgan fingerprint density at radius 3 is 2.53 bits per heavy atom. The molecule has 15 heavy (non-hydrogen) atoms.